The van der Waals surface area contributed by atoms with E-state index in [1.54, 1.807) is 25.3 Å². The highest BCUT2D eigenvalue weighted by atomic mass is 35.5. The van der Waals surface area contributed by atoms with Crippen LogP contribution in [0.15, 0.2) is 42.5 Å². The maximum atomic E-state index is 13.2. The zero-order valence-electron chi connectivity index (χ0n) is 13.6. The van der Waals surface area contributed by atoms with Crippen molar-refractivity contribution >= 4 is 28.9 Å². The zero-order valence-corrected chi connectivity index (χ0v) is 14.4. The van der Waals surface area contributed by atoms with Crippen LogP contribution < -0.4 is 10.6 Å². The lowest BCUT2D eigenvalue weighted by Gasteiger charge is -2.13. The van der Waals surface area contributed by atoms with Crippen molar-refractivity contribution in [3.05, 3.63) is 58.9 Å². The molecule has 6 heteroatoms. The molecule has 128 valence electrons. The molecule has 4 nitrogen and oxygen atoms in total. The average molecular weight is 351 g/mol. The van der Waals surface area contributed by atoms with Gasteiger partial charge < -0.3 is 15.4 Å². The van der Waals surface area contributed by atoms with Crippen molar-refractivity contribution < 1.29 is 13.9 Å². The van der Waals surface area contributed by atoms with E-state index >= 15 is 0 Å². The van der Waals surface area contributed by atoms with Crippen molar-refractivity contribution in [3.8, 4) is 0 Å². The molecule has 0 spiro atoms. The lowest BCUT2D eigenvalue weighted by molar-refractivity contribution is 0.102. The molecule has 0 aliphatic rings. The molecule has 0 aliphatic carbocycles. The Hall–Kier alpha value is -2.11. The SMILES string of the molecule is COCC(C)CNc1cccc(C(=O)Nc2ccc(F)c(Cl)c2)c1. The number of carbonyl (C=O) groups is 1. The molecule has 0 bridgehead atoms. The van der Waals surface area contributed by atoms with Crippen LogP contribution in [-0.2, 0) is 4.74 Å². The molecule has 1 atom stereocenters. The number of ether oxygens (including phenoxy) is 1. The summed E-state index contributed by atoms with van der Waals surface area (Å²) in [4.78, 5) is 12.3. The first-order valence-corrected chi connectivity index (χ1v) is 7.96. The van der Waals surface area contributed by atoms with E-state index in [-0.39, 0.29) is 10.9 Å². The number of amides is 1. The predicted octanol–water partition coefficient (Wildman–Crippen LogP) is 4.43. The Morgan fingerprint density at radius 3 is 2.75 bits per heavy atom. The fourth-order valence-electron chi connectivity index (χ4n) is 2.18. The molecule has 2 rings (SSSR count). The van der Waals surface area contributed by atoms with E-state index in [1.165, 1.54) is 18.2 Å². The maximum Gasteiger partial charge on any atom is 0.255 e. The minimum absolute atomic E-state index is 0.0321. The summed E-state index contributed by atoms with van der Waals surface area (Å²) in [5, 5.41) is 5.94. The summed E-state index contributed by atoms with van der Waals surface area (Å²) in [7, 11) is 1.67. The van der Waals surface area contributed by atoms with Crippen LogP contribution in [-0.4, -0.2) is 26.2 Å². The van der Waals surface area contributed by atoms with Gasteiger partial charge in [0.1, 0.15) is 5.82 Å². The molecule has 0 fully saturated rings. The average Bonchev–Trinajstić information content (AvgIpc) is 2.57. The van der Waals surface area contributed by atoms with Gasteiger partial charge >= 0.3 is 0 Å². The minimum Gasteiger partial charge on any atom is -0.385 e. The first kappa shape index (κ1) is 18.2. The summed E-state index contributed by atoms with van der Waals surface area (Å²) in [6, 6.07) is 11.2. The van der Waals surface area contributed by atoms with Crippen LogP contribution in [0.2, 0.25) is 5.02 Å². The quantitative estimate of drug-likeness (QED) is 0.776. The highest BCUT2D eigenvalue weighted by Crippen LogP contribution is 2.20. The van der Waals surface area contributed by atoms with E-state index < -0.39 is 5.82 Å². The van der Waals surface area contributed by atoms with E-state index in [0.717, 1.165) is 12.2 Å². The monoisotopic (exact) mass is 350 g/mol. The van der Waals surface area contributed by atoms with Crippen LogP contribution in [0.1, 0.15) is 17.3 Å². The van der Waals surface area contributed by atoms with Gasteiger partial charge in [0.15, 0.2) is 0 Å². The zero-order chi connectivity index (χ0) is 17.5. The number of hydrogen-bond donors (Lipinski definition) is 2. The molecule has 1 amide bonds. The summed E-state index contributed by atoms with van der Waals surface area (Å²) < 4.78 is 18.3. The molecule has 0 heterocycles. The van der Waals surface area contributed by atoms with E-state index in [1.807, 2.05) is 6.07 Å². The lowest BCUT2D eigenvalue weighted by Crippen LogP contribution is -2.16. The van der Waals surface area contributed by atoms with Crippen LogP contribution in [0, 0.1) is 11.7 Å². The van der Waals surface area contributed by atoms with Crippen LogP contribution in [0.4, 0.5) is 15.8 Å². The first-order chi connectivity index (χ1) is 11.5. The Morgan fingerprint density at radius 1 is 1.25 bits per heavy atom. The summed E-state index contributed by atoms with van der Waals surface area (Å²) in [5.41, 5.74) is 1.79. The van der Waals surface area contributed by atoms with Crippen LogP contribution in [0.25, 0.3) is 0 Å². The third-order valence-electron chi connectivity index (χ3n) is 3.41. The maximum absolute atomic E-state index is 13.2. The molecule has 0 radical (unpaired) electrons. The molecule has 2 N–H and O–H groups in total. The van der Waals surface area contributed by atoms with Crippen molar-refractivity contribution in [2.75, 3.05) is 30.9 Å². The predicted molar refractivity (Wildman–Crippen MR) is 95.3 cm³/mol. The molecule has 0 aromatic heterocycles. The standard InChI is InChI=1S/C18H20ClFN2O2/c1-12(11-24-2)10-21-14-5-3-4-13(8-14)18(23)22-15-6-7-17(20)16(19)9-15/h3-9,12,21H,10-11H2,1-2H3,(H,22,23). The van der Waals surface area contributed by atoms with E-state index in [2.05, 4.69) is 17.6 Å². The molecule has 2 aromatic carbocycles. The number of rotatable bonds is 7. The van der Waals surface area contributed by atoms with Crippen molar-refractivity contribution in [1.82, 2.24) is 0 Å². The lowest BCUT2D eigenvalue weighted by atomic mass is 10.1. The van der Waals surface area contributed by atoms with E-state index in [0.29, 0.717) is 23.8 Å². The van der Waals surface area contributed by atoms with Gasteiger partial charge in [0.25, 0.3) is 5.91 Å². The third kappa shape index (κ3) is 5.22. The number of anilines is 2. The van der Waals surface area contributed by atoms with Crippen molar-refractivity contribution in [2.24, 2.45) is 5.92 Å². The van der Waals surface area contributed by atoms with Gasteiger partial charge in [0.05, 0.1) is 11.6 Å². The molecule has 24 heavy (non-hydrogen) atoms. The smallest absolute Gasteiger partial charge is 0.255 e. The molecular weight excluding hydrogens is 331 g/mol. The van der Waals surface area contributed by atoms with Gasteiger partial charge in [-0.15, -0.1) is 0 Å². The largest absolute Gasteiger partial charge is 0.385 e. The number of methoxy groups -OCH3 is 1. The van der Waals surface area contributed by atoms with Gasteiger partial charge in [0.2, 0.25) is 0 Å². The van der Waals surface area contributed by atoms with Gasteiger partial charge in [-0.3, -0.25) is 4.79 Å². The van der Waals surface area contributed by atoms with Gasteiger partial charge in [0, 0.05) is 30.6 Å². The highest BCUT2D eigenvalue weighted by molar-refractivity contribution is 6.31. The van der Waals surface area contributed by atoms with Gasteiger partial charge in [-0.2, -0.15) is 0 Å². The van der Waals surface area contributed by atoms with Crippen molar-refractivity contribution in [1.29, 1.82) is 0 Å². The number of nitrogens with one attached hydrogen (secondary N) is 2. The Labute approximate surface area is 146 Å². The van der Waals surface area contributed by atoms with Gasteiger partial charge in [-0.1, -0.05) is 24.6 Å². The summed E-state index contributed by atoms with van der Waals surface area (Å²) in [6.45, 7) is 3.48. The minimum atomic E-state index is -0.522. The van der Waals surface area contributed by atoms with E-state index in [9.17, 15) is 9.18 Å². The van der Waals surface area contributed by atoms with Crippen molar-refractivity contribution in [2.45, 2.75) is 6.92 Å². The number of hydrogen-bond acceptors (Lipinski definition) is 3. The van der Waals surface area contributed by atoms with Gasteiger partial charge in [-0.25, -0.2) is 4.39 Å². The molecular formula is C18H20ClFN2O2. The van der Waals surface area contributed by atoms with E-state index in [4.69, 9.17) is 16.3 Å². The summed E-state index contributed by atoms with van der Waals surface area (Å²) in [6.07, 6.45) is 0. The Balaban J connectivity index is 2.01. The fraction of sp³-hybridized carbons (Fsp3) is 0.278. The molecule has 1 unspecified atom stereocenters. The first-order valence-electron chi connectivity index (χ1n) is 7.59. The Morgan fingerprint density at radius 2 is 2.04 bits per heavy atom. The normalized spacial score (nSPS) is 11.8. The van der Waals surface area contributed by atoms with Crippen molar-refractivity contribution in [3.63, 3.8) is 0 Å². The molecule has 0 saturated heterocycles. The van der Waals surface area contributed by atoms with Crippen LogP contribution in [0.5, 0.6) is 0 Å². The summed E-state index contributed by atoms with van der Waals surface area (Å²) >= 11 is 5.72. The fourth-order valence-corrected chi connectivity index (χ4v) is 2.36. The second-order valence-electron chi connectivity index (χ2n) is 5.61. The third-order valence-corrected chi connectivity index (χ3v) is 3.70. The van der Waals surface area contributed by atoms with Gasteiger partial charge in [-0.05, 0) is 42.3 Å². The van der Waals surface area contributed by atoms with Crippen LogP contribution in [0.3, 0.4) is 0 Å². The second-order valence-corrected chi connectivity index (χ2v) is 6.01. The Kier molecular flexibility index (Phi) is 6.58. The number of benzene rings is 2. The number of carbonyl (C=O) groups excluding carboxylic acids is 1. The molecule has 2 aromatic rings. The topological polar surface area (TPSA) is 50.4 Å². The molecule has 0 aliphatic heterocycles. The number of halogens is 2. The highest BCUT2D eigenvalue weighted by Gasteiger charge is 2.09. The second kappa shape index (κ2) is 8.66. The summed E-state index contributed by atoms with van der Waals surface area (Å²) in [5.74, 6) is -0.453. The molecule has 0 saturated carbocycles. The Bertz CT molecular complexity index is 709. The van der Waals surface area contributed by atoms with Crippen LogP contribution >= 0.6 is 11.6 Å².